The highest BCUT2D eigenvalue weighted by Crippen LogP contribution is 2.23. The van der Waals surface area contributed by atoms with Gasteiger partial charge in [-0.2, -0.15) is 0 Å². The van der Waals surface area contributed by atoms with Crippen LogP contribution in [0.15, 0.2) is 10.7 Å². The molecule has 0 aliphatic heterocycles. The summed E-state index contributed by atoms with van der Waals surface area (Å²) in [5.74, 6) is 1.31. The lowest BCUT2D eigenvalue weighted by Gasteiger charge is -2.00. The molecule has 0 amide bonds. The van der Waals surface area contributed by atoms with Crippen LogP contribution in [0.1, 0.15) is 50.1 Å². The summed E-state index contributed by atoms with van der Waals surface area (Å²) in [5.41, 5.74) is 7.46. The lowest BCUT2D eigenvalue weighted by atomic mass is 10.0. The number of aryl methyl sites for hydroxylation is 1. The Labute approximate surface area is 85.0 Å². The molecule has 0 fully saturated rings. The fourth-order valence-electron chi connectivity index (χ4n) is 1.44. The van der Waals surface area contributed by atoms with Gasteiger partial charge in [0.1, 0.15) is 5.76 Å². The number of nitrogens with zero attached hydrogens (tertiary/aromatic N) is 1. The number of hydrogen-bond donors (Lipinski definition) is 1. The summed E-state index contributed by atoms with van der Waals surface area (Å²) >= 11 is 0. The molecular weight excluding hydrogens is 176 g/mol. The zero-order chi connectivity index (χ0) is 10.6. The predicted octanol–water partition coefficient (Wildman–Crippen LogP) is 2.68. The van der Waals surface area contributed by atoms with Crippen LogP contribution in [0.5, 0.6) is 0 Å². The van der Waals surface area contributed by atoms with Gasteiger partial charge in [-0.15, -0.1) is 0 Å². The maximum absolute atomic E-state index is 5.40. The van der Waals surface area contributed by atoms with Crippen molar-refractivity contribution in [2.45, 2.75) is 39.5 Å². The molecule has 1 rings (SSSR count). The van der Waals surface area contributed by atoms with Gasteiger partial charge in [0.15, 0.2) is 0 Å². The van der Waals surface area contributed by atoms with Crippen molar-refractivity contribution in [2.24, 2.45) is 5.73 Å². The number of rotatable bonds is 4. The van der Waals surface area contributed by atoms with Crippen LogP contribution in [0.25, 0.3) is 6.08 Å². The second kappa shape index (κ2) is 4.84. The molecule has 0 radical (unpaired) electrons. The molecule has 0 spiro atoms. The third-order valence-electron chi connectivity index (χ3n) is 2.12. The minimum absolute atomic E-state index is 0.371. The third-order valence-corrected chi connectivity index (χ3v) is 2.12. The Balaban J connectivity index is 3.06. The standard InChI is InChI=1S/C11H18N2O/c1-4-5-10-9(6-7-12)11(8(2)3)13-14-10/h6-8H,4-5,12H2,1-3H3/b7-6-. The van der Waals surface area contributed by atoms with Crippen LogP contribution in [-0.4, -0.2) is 5.16 Å². The molecule has 0 aromatic carbocycles. The van der Waals surface area contributed by atoms with Crippen molar-refractivity contribution in [3.8, 4) is 0 Å². The summed E-state index contributed by atoms with van der Waals surface area (Å²) in [5, 5.41) is 4.07. The fourth-order valence-corrected chi connectivity index (χ4v) is 1.44. The zero-order valence-electron chi connectivity index (χ0n) is 9.08. The van der Waals surface area contributed by atoms with E-state index in [1.54, 1.807) is 0 Å². The lowest BCUT2D eigenvalue weighted by Crippen LogP contribution is -1.92. The van der Waals surface area contributed by atoms with Gasteiger partial charge in [0.05, 0.1) is 5.69 Å². The molecule has 1 aromatic rings. The summed E-state index contributed by atoms with van der Waals surface area (Å²) < 4.78 is 5.29. The van der Waals surface area contributed by atoms with Crippen molar-refractivity contribution in [1.82, 2.24) is 5.16 Å². The highest BCUT2D eigenvalue weighted by Gasteiger charge is 2.15. The van der Waals surface area contributed by atoms with E-state index in [2.05, 4.69) is 25.9 Å². The van der Waals surface area contributed by atoms with E-state index in [1.165, 1.54) is 6.20 Å². The van der Waals surface area contributed by atoms with Crippen molar-refractivity contribution >= 4 is 6.08 Å². The van der Waals surface area contributed by atoms with Crippen LogP contribution in [0.4, 0.5) is 0 Å². The molecule has 2 N–H and O–H groups in total. The third kappa shape index (κ3) is 2.16. The van der Waals surface area contributed by atoms with Crippen LogP contribution in [0.3, 0.4) is 0 Å². The molecule has 0 aliphatic carbocycles. The molecule has 1 aromatic heterocycles. The van der Waals surface area contributed by atoms with Gasteiger partial charge in [-0.3, -0.25) is 0 Å². The van der Waals surface area contributed by atoms with Gasteiger partial charge in [-0.05, 0) is 24.6 Å². The first-order valence-electron chi connectivity index (χ1n) is 5.07. The molecule has 78 valence electrons. The lowest BCUT2D eigenvalue weighted by molar-refractivity contribution is 0.374. The van der Waals surface area contributed by atoms with E-state index >= 15 is 0 Å². The van der Waals surface area contributed by atoms with Gasteiger partial charge >= 0.3 is 0 Å². The average Bonchev–Trinajstić information content (AvgIpc) is 2.50. The average molecular weight is 194 g/mol. The van der Waals surface area contributed by atoms with Crippen molar-refractivity contribution in [1.29, 1.82) is 0 Å². The molecule has 0 bridgehead atoms. The summed E-state index contributed by atoms with van der Waals surface area (Å²) in [6.07, 6.45) is 5.38. The van der Waals surface area contributed by atoms with Crippen molar-refractivity contribution in [3.05, 3.63) is 23.2 Å². The van der Waals surface area contributed by atoms with Crippen LogP contribution >= 0.6 is 0 Å². The summed E-state index contributed by atoms with van der Waals surface area (Å²) in [6, 6.07) is 0. The Morgan fingerprint density at radius 1 is 1.50 bits per heavy atom. The van der Waals surface area contributed by atoms with Crippen molar-refractivity contribution < 1.29 is 4.52 Å². The summed E-state index contributed by atoms with van der Waals surface area (Å²) in [4.78, 5) is 0. The Hall–Kier alpha value is -1.25. The van der Waals surface area contributed by atoms with E-state index < -0.39 is 0 Å². The molecular formula is C11H18N2O. The van der Waals surface area contributed by atoms with E-state index in [0.29, 0.717) is 5.92 Å². The molecule has 14 heavy (non-hydrogen) atoms. The Morgan fingerprint density at radius 2 is 2.21 bits per heavy atom. The van der Waals surface area contributed by atoms with E-state index in [4.69, 9.17) is 10.3 Å². The first kappa shape index (κ1) is 10.8. The van der Waals surface area contributed by atoms with Gasteiger partial charge < -0.3 is 10.3 Å². The minimum atomic E-state index is 0.371. The van der Waals surface area contributed by atoms with E-state index in [9.17, 15) is 0 Å². The van der Waals surface area contributed by atoms with Crippen LogP contribution < -0.4 is 5.73 Å². The Kier molecular flexibility index (Phi) is 3.74. The first-order valence-corrected chi connectivity index (χ1v) is 5.07. The van der Waals surface area contributed by atoms with E-state index in [0.717, 1.165) is 29.9 Å². The summed E-state index contributed by atoms with van der Waals surface area (Å²) in [6.45, 7) is 6.32. The predicted molar refractivity (Wildman–Crippen MR) is 57.8 cm³/mol. The topological polar surface area (TPSA) is 52.0 Å². The van der Waals surface area contributed by atoms with Crippen molar-refractivity contribution in [3.63, 3.8) is 0 Å². The molecule has 3 heteroatoms. The molecule has 0 unspecified atom stereocenters. The van der Waals surface area contributed by atoms with Crippen LogP contribution in [0, 0.1) is 0 Å². The first-order chi connectivity index (χ1) is 6.70. The minimum Gasteiger partial charge on any atom is -0.405 e. The number of hydrogen-bond acceptors (Lipinski definition) is 3. The monoisotopic (exact) mass is 194 g/mol. The van der Waals surface area contributed by atoms with Crippen LogP contribution in [0.2, 0.25) is 0 Å². The Bertz CT molecular complexity index is 313. The van der Waals surface area contributed by atoms with E-state index in [1.807, 2.05) is 6.08 Å². The number of aromatic nitrogens is 1. The maximum Gasteiger partial charge on any atom is 0.144 e. The molecule has 0 aliphatic rings. The molecule has 0 saturated carbocycles. The summed E-state index contributed by atoms with van der Waals surface area (Å²) in [7, 11) is 0. The second-order valence-electron chi connectivity index (χ2n) is 3.67. The quantitative estimate of drug-likeness (QED) is 0.801. The normalized spacial score (nSPS) is 11.7. The zero-order valence-corrected chi connectivity index (χ0v) is 9.08. The van der Waals surface area contributed by atoms with Gasteiger partial charge in [0.2, 0.25) is 0 Å². The highest BCUT2D eigenvalue weighted by atomic mass is 16.5. The highest BCUT2D eigenvalue weighted by molar-refractivity contribution is 5.54. The largest absolute Gasteiger partial charge is 0.405 e. The smallest absolute Gasteiger partial charge is 0.144 e. The van der Waals surface area contributed by atoms with Gasteiger partial charge in [0.25, 0.3) is 0 Å². The fraction of sp³-hybridized carbons (Fsp3) is 0.545. The molecule has 1 heterocycles. The SMILES string of the molecule is CCCc1onc(C(C)C)c1/C=C\N. The number of nitrogens with two attached hydrogens (primary N) is 1. The maximum atomic E-state index is 5.40. The Morgan fingerprint density at radius 3 is 2.71 bits per heavy atom. The van der Waals surface area contributed by atoms with E-state index in [-0.39, 0.29) is 0 Å². The van der Waals surface area contributed by atoms with Gasteiger partial charge in [0, 0.05) is 12.0 Å². The molecule has 3 nitrogen and oxygen atoms in total. The molecule has 0 atom stereocenters. The second-order valence-corrected chi connectivity index (χ2v) is 3.67. The molecule has 0 saturated heterocycles. The van der Waals surface area contributed by atoms with Gasteiger partial charge in [-0.1, -0.05) is 25.9 Å². The van der Waals surface area contributed by atoms with Crippen LogP contribution in [-0.2, 0) is 6.42 Å². The van der Waals surface area contributed by atoms with Gasteiger partial charge in [-0.25, -0.2) is 0 Å². The van der Waals surface area contributed by atoms with Crippen molar-refractivity contribution in [2.75, 3.05) is 0 Å².